The number of benzene rings is 1. The molecule has 1 aliphatic heterocycles. The van der Waals surface area contributed by atoms with Crippen LogP contribution in [0.2, 0.25) is 0 Å². The maximum absolute atomic E-state index is 12.7. The molecule has 1 saturated heterocycles. The van der Waals surface area contributed by atoms with Gasteiger partial charge in [0.25, 0.3) is 5.91 Å². The average Bonchev–Trinajstić information content (AvgIpc) is 3.09. The molecule has 1 aliphatic rings. The molecule has 1 N–H and O–H groups in total. The molecule has 1 aromatic heterocycles. The van der Waals surface area contributed by atoms with Crippen molar-refractivity contribution < 1.29 is 14.3 Å². The quantitative estimate of drug-likeness (QED) is 0.443. The highest BCUT2D eigenvalue weighted by atomic mass is 16.5. The molecule has 0 aliphatic carbocycles. The van der Waals surface area contributed by atoms with Crippen LogP contribution in [-0.4, -0.2) is 54.8 Å². The van der Waals surface area contributed by atoms with E-state index in [-0.39, 0.29) is 11.5 Å². The number of nitrogens with zero attached hydrogens (tertiary/aromatic N) is 3. The minimum atomic E-state index is -0.378. The minimum Gasteiger partial charge on any atom is -0.492 e. The number of carbonyl (C=O) groups is 1. The van der Waals surface area contributed by atoms with Crippen LogP contribution in [0.15, 0.2) is 35.9 Å². The van der Waals surface area contributed by atoms with Gasteiger partial charge in [0.1, 0.15) is 24.0 Å². The normalized spacial score (nSPS) is 14.7. The number of rotatable bonds is 10. The van der Waals surface area contributed by atoms with Gasteiger partial charge in [-0.3, -0.25) is 9.69 Å². The second-order valence-electron chi connectivity index (χ2n) is 8.28. The van der Waals surface area contributed by atoms with Crippen LogP contribution < -0.4 is 10.1 Å². The van der Waals surface area contributed by atoms with Crippen molar-refractivity contribution >= 4 is 12.0 Å². The third kappa shape index (κ3) is 6.95. The van der Waals surface area contributed by atoms with E-state index in [0.717, 1.165) is 74.1 Å². The van der Waals surface area contributed by atoms with E-state index >= 15 is 0 Å². The monoisotopic (exact) mass is 450 g/mol. The number of nitrogens with one attached hydrogen (secondary N) is 1. The predicted octanol–water partition coefficient (Wildman–Crippen LogP) is 3.45. The number of nitriles is 1. The molecule has 176 valence electrons. The largest absolute Gasteiger partial charge is 0.492 e. The second-order valence-corrected chi connectivity index (χ2v) is 8.28. The molecule has 0 atom stereocenters. The van der Waals surface area contributed by atoms with Gasteiger partial charge in [-0.25, -0.2) is 0 Å². The van der Waals surface area contributed by atoms with E-state index in [1.54, 1.807) is 6.08 Å². The Kier molecular flexibility index (Phi) is 9.11. The summed E-state index contributed by atoms with van der Waals surface area (Å²) in [5.41, 5.74) is 4.12. The molecule has 0 unspecified atom stereocenters. The van der Waals surface area contributed by atoms with Gasteiger partial charge in [0, 0.05) is 44.1 Å². The highest BCUT2D eigenvalue weighted by Gasteiger charge is 2.13. The number of morpholine rings is 1. The van der Waals surface area contributed by atoms with E-state index in [9.17, 15) is 10.1 Å². The van der Waals surface area contributed by atoms with Crippen LogP contribution in [0.3, 0.4) is 0 Å². The molecule has 0 saturated carbocycles. The Labute approximate surface area is 196 Å². The third-order valence-corrected chi connectivity index (χ3v) is 5.86. The molecule has 2 aromatic rings. The Balaban J connectivity index is 1.56. The van der Waals surface area contributed by atoms with Crippen LogP contribution in [0.25, 0.3) is 6.08 Å². The van der Waals surface area contributed by atoms with Crippen LogP contribution in [0.5, 0.6) is 5.75 Å². The van der Waals surface area contributed by atoms with Crippen molar-refractivity contribution in [2.24, 2.45) is 0 Å². The summed E-state index contributed by atoms with van der Waals surface area (Å²) in [4.78, 5) is 15.0. The molecule has 3 rings (SSSR count). The van der Waals surface area contributed by atoms with Gasteiger partial charge in [-0.15, -0.1) is 0 Å². The first-order valence-electron chi connectivity index (χ1n) is 11.6. The summed E-state index contributed by atoms with van der Waals surface area (Å²) in [6.07, 6.45) is 2.70. The number of hydrogen-bond acceptors (Lipinski definition) is 5. The van der Waals surface area contributed by atoms with E-state index in [1.165, 1.54) is 0 Å². The zero-order valence-electron chi connectivity index (χ0n) is 19.9. The lowest BCUT2D eigenvalue weighted by Crippen LogP contribution is -2.38. The van der Waals surface area contributed by atoms with Crippen molar-refractivity contribution in [2.45, 2.75) is 40.3 Å². The van der Waals surface area contributed by atoms with Crippen molar-refractivity contribution in [3.63, 3.8) is 0 Å². The Hall–Kier alpha value is -3.08. The molecule has 7 nitrogen and oxygen atoms in total. The molecule has 0 bridgehead atoms. The van der Waals surface area contributed by atoms with Gasteiger partial charge in [0.15, 0.2) is 0 Å². The SMILES string of the molecule is CCCn1c(C)cc(/C=C(\C#N)C(=O)NCc2cccc(OCCN3CCOCC3)c2)c1C. The Morgan fingerprint density at radius 2 is 2.03 bits per heavy atom. The van der Waals surface area contributed by atoms with Crippen LogP contribution in [-0.2, 0) is 22.6 Å². The van der Waals surface area contributed by atoms with Gasteiger partial charge in [-0.05, 0) is 55.7 Å². The van der Waals surface area contributed by atoms with Crippen molar-refractivity contribution in [1.29, 1.82) is 5.26 Å². The smallest absolute Gasteiger partial charge is 0.262 e. The van der Waals surface area contributed by atoms with Crippen LogP contribution in [0.1, 0.15) is 35.9 Å². The van der Waals surface area contributed by atoms with Gasteiger partial charge in [-0.1, -0.05) is 19.1 Å². The van der Waals surface area contributed by atoms with Crippen LogP contribution in [0, 0.1) is 25.2 Å². The minimum absolute atomic E-state index is 0.102. The first-order chi connectivity index (χ1) is 16.0. The van der Waals surface area contributed by atoms with E-state index < -0.39 is 0 Å². The molecular formula is C26H34N4O3. The average molecular weight is 451 g/mol. The lowest BCUT2D eigenvalue weighted by Gasteiger charge is -2.26. The van der Waals surface area contributed by atoms with E-state index in [4.69, 9.17) is 9.47 Å². The number of aromatic nitrogens is 1. The van der Waals surface area contributed by atoms with Gasteiger partial charge in [-0.2, -0.15) is 5.26 Å². The summed E-state index contributed by atoms with van der Waals surface area (Å²) in [7, 11) is 0. The number of carbonyl (C=O) groups excluding carboxylic acids is 1. The first kappa shape index (κ1) is 24.6. The van der Waals surface area contributed by atoms with Crippen LogP contribution >= 0.6 is 0 Å². The Morgan fingerprint density at radius 3 is 2.76 bits per heavy atom. The number of ether oxygens (including phenoxy) is 2. The molecule has 7 heteroatoms. The molecule has 1 fully saturated rings. The molecule has 0 radical (unpaired) electrons. The maximum atomic E-state index is 12.7. The Morgan fingerprint density at radius 1 is 1.24 bits per heavy atom. The topological polar surface area (TPSA) is 79.5 Å². The van der Waals surface area contributed by atoms with Gasteiger partial charge in [0.2, 0.25) is 0 Å². The van der Waals surface area contributed by atoms with Crippen molar-refractivity contribution in [2.75, 3.05) is 39.5 Å². The summed E-state index contributed by atoms with van der Waals surface area (Å²) < 4.78 is 13.5. The standard InChI is InChI=1S/C26H34N4O3/c1-4-8-30-20(2)15-23(21(30)3)17-24(18-27)26(31)28-19-22-6-5-7-25(16-22)33-14-11-29-9-12-32-13-10-29/h5-7,15-17H,4,8-14,19H2,1-3H3,(H,28,31)/b24-17+. The molecule has 1 aromatic carbocycles. The van der Waals surface area contributed by atoms with Crippen molar-refractivity contribution in [3.8, 4) is 11.8 Å². The summed E-state index contributed by atoms with van der Waals surface area (Å²) in [5.74, 6) is 0.394. The Bertz CT molecular complexity index is 1010. The van der Waals surface area contributed by atoms with Crippen molar-refractivity contribution in [1.82, 2.24) is 14.8 Å². The predicted molar refractivity (Wildman–Crippen MR) is 129 cm³/mol. The van der Waals surface area contributed by atoms with Crippen molar-refractivity contribution in [3.05, 3.63) is 58.4 Å². The summed E-state index contributed by atoms with van der Waals surface area (Å²) >= 11 is 0. The first-order valence-corrected chi connectivity index (χ1v) is 11.6. The zero-order chi connectivity index (χ0) is 23.6. The number of amides is 1. The van der Waals surface area contributed by atoms with Gasteiger partial charge in [0.05, 0.1) is 13.2 Å². The summed E-state index contributed by atoms with van der Waals surface area (Å²) in [6, 6.07) is 11.8. The molecule has 1 amide bonds. The summed E-state index contributed by atoms with van der Waals surface area (Å²) in [5, 5.41) is 12.4. The number of aryl methyl sites for hydroxylation is 1. The molecule has 2 heterocycles. The number of hydrogen-bond donors (Lipinski definition) is 1. The fourth-order valence-corrected chi connectivity index (χ4v) is 3.99. The summed E-state index contributed by atoms with van der Waals surface area (Å²) in [6.45, 7) is 12.3. The van der Waals surface area contributed by atoms with Gasteiger partial charge < -0.3 is 19.4 Å². The highest BCUT2D eigenvalue weighted by molar-refractivity contribution is 6.01. The lowest BCUT2D eigenvalue weighted by atomic mass is 10.1. The molecule has 33 heavy (non-hydrogen) atoms. The fraction of sp³-hybridized carbons (Fsp3) is 0.462. The van der Waals surface area contributed by atoms with Gasteiger partial charge >= 0.3 is 0 Å². The van der Waals surface area contributed by atoms with E-state index in [1.807, 2.05) is 50.2 Å². The van der Waals surface area contributed by atoms with E-state index in [2.05, 4.69) is 21.7 Å². The third-order valence-electron chi connectivity index (χ3n) is 5.86. The molecule has 0 spiro atoms. The second kappa shape index (κ2) is 12.2. The van der Waals surface area contributed by atoms with E-state index in [0.29, 0.717) is 13.2 Å². The lowest BCUT2D eigenvalue weighted by molar-refractivity contribution is -0.117. The fourth-order valence-electron chi connectivity index (χ4n) is 3.99. The zero-order valence-corrected chi connectivity index (χ0v) is 19.9. The van der Waals surface area contributed by atoms with Crippen LogP contribution in [0.4, 0.5) is 0 Å². The molecular weight excluding hydrogens is 416 g/mol. The maximum Gasteiger partial charge on any atom is 0.262 e. The highest BCUT2D eigenvalue weighted by Crippen LogP contribution is 2.19.